The Morgan fingerprint density at radius 2 is 1.17 bits per heavy atom. The first-order chi connectivity index (χ1) is 11.4. The van der Waals surface area contributed by atoms with E-state index in [0.717, 1.165) is 37.2 Å². The highest BCUT2D eigenvalue weighted by Crippen LogP contribution is 2.52. The summed E-state index contributed by atoms with van der Waals surface area (Å²) in [6, 6.07) is 0. The smallest absolute Gasteiger partial charge is 0.0701 e. The summed E-state index contributed by atoms with van der Waals surface area (Å²) >= 11 is 0. The van der Waals surface area contributed by atoms with Gasteiger partial charge in [0.15, 0.2) is 0 Å². The van der Waals surface area contributed by atoms with Crippen molar-refractivity contribution in [1.29, 1.82) is 0 Å². The molecule has 3 atom stereocenters. The fourth-order valence-electron chi connectivity index (χ4n) is 3.24. The Labute approximate surface area is 140 Å². The lowest BCUT2D eigenvalue weighted by atomic mass is 10.1. The van der Waals surface area contributed by atoms with Crippen molar-refractivity contribution in [1.82, 2.24) is 0 Å². The average Bonchev–Trinajstić information content (AvgIpc) is 3.18. The van der Waals surface area contributed by atoms with Crippen LogP contribution in [0.15, 0.2) is 0 Å². The highest BCUT2D eigenvalue weighted by molar-refractivity contribution is 5.07. The molecule has 0 aromatic carbocycles. The Morgan fingerprint density at radius 3 is 1.70 bits per heavy atom. The van der Waals surface area contributed by atoms with E-state index < -0.39 is 0 Å². The third-order valence-corrected chi connectivity index (χ3v) is 4.53. The summed E-state index contributed by atoms with van der Waals surface area (Å²) in [5, 5.41) is 0. The molecule has 2 N–H and O–H groups in total. The Morgan fingerprint density at radius 1 is 0.696 bits per heavy atom. The van der Waals surface area contributed by atoms with Crippen LogP contribution in [0.2, 0.25) is 0 Å². The van der Waals surface area contributed by atoms with Gasteiger partial charge in [0, 0.05) is 19.4 Å². The molecule has 1 unspecified atom stereocenters. The zero-order valence-electron chi connectivity index (χ0n) is 14.1. The molecule has 2 aliphatic carbocycles. The van der Waals surface area contributed by atoms with Gasteiger partial charge in [-0.1, -0.05) is 0 Å². The molecule has 23 heavy (non-hydrogen) atoms. The van der Waals surface area contributed by atoms with Crippen LogP contribution < -0.4 is 5.73 Å². The molecular weight excluding hydrogens is 294 g/mol. The summed E-state index contributed by atoms with van der Waals surface area (Å²) in [5.41, 5.74) is 5.32. The predicted molar refractivity (Wildman–Crippen MR) is 89.0 cm³/mol. The molecule has 0 heterocycles. The van der Waals surface area contributed by atoms with Gasteiger partial charge in [-0.05, 0) is 30.6 Å². The second-order valence-corrected chi connectivity index (χ2v) is 6.12. The Kier molecular flexibility index (Phi) is 9.61. The number of hydrogen-bond donors (Lipinski definition) is 1. The standard InChI is InChI=1S/C18H31NO4/c19-7-8-20-9-10-21-11-12-22-13-14-23-15-18-16-5-3-1-2-4-6-17(16)18/h16-18H,3-15,19H2/t16-,17+,18?. The monoisotopic (exact) mass is 325 g/mol. The zero-order valence-corrected chi connectivity index (χ0v) is 14.1. The van der Waals surface area contributed by atoms with Crippen LogP contribution in [0.4, 0.5) is 0 Å². The van der Waals surface area contributed by atoms with E-state index in [2.05, 4.69) is 11.8 Å². The van der Waals surface area contributed by atoms with Crippen LogP contribution in [0.3, 0.4) is 0 Å². The highest BCUT2D eigenvalue weighted by atomic mass is 16.6. The second kappa shape index (κ2) is 11.8. The molecule has 0 aliphatic heterocycles. The minimum Gasteiger partial charge on any atom is -0.379 e. The van der Waals surface area contributed by atoms with Gasteiger partial charge in [-0.15, -0.1) is 11.8 Å². The summed E-state index contributed by atoms with van der Waals surface area (Å²) in [5.74, 6) is 8.97. The number of ether oxygens (including phenoxy) is 4. The van der Waals surface area contributed by atoms with Gasteiger partial charge in [0.1, 0.15) is 0 Å². The molecule has 0 saturated heterocycles. The van der Waals surface area contributed by atoms with Crippen LogP contribution in [-0.4, -0.2) is 59.4 Å². The molecule has 0 aromatic rings. The summed E-state index contributed by atoms with van der Waals surface area (Å²) < 4.78 is 21.8. The van der Waals surface area contributed by atoms with Crippen LogP contribution in [0.1, 0.15) is 25.7 Å². The van der Waals surface area contributed by atoms with Crippen molar-refractivity contribution >= 4 is 0 Å². The number of fused-ring (bicyclic) bond motifs is 1. The summed E-state index contributed by atoms with van der Waals surface area (Å²) in [6.07, 6.45) is 4.65. The lowest BCUT2D eigenvalue weighted by Gasteiger charge is -2.07. The van der Waals surface area contributed by atoms with Gasteiger partial charge in [0.05, 0.1) is 52.9 Å². The van der Waals surface area contributed by atoms with Gasteiger partial charge in [-0.3, -0.25) is 0 Å². The van der Waals surface area contributed by atoms with Crippen molar-refractivity contribution < 1.29 is 18.9 Å². The quantitative estimate of drug-likeness (QED) is 0.410. The summed E-state index contributed by atoms with van der Waals surface area (Å²) in [6.45, 7) is 5.72. The maximum absolute atomic E-state index is 5.76. The predicted octanol–water partition coefficient (Wildman–Crippen LogP) is 1.45. The van der Waals surface area contributed by atoms with E-state index in [4.69, 9.17) is 24.7 Å². The van der Waals surface area contributed by atoms with Gasteiger partial charge in [0.25, 0.3) is 0 Å². The van der Waals surface area contributed by atoms with E-state index in [1.807, 2.05) is 0 Å². The zero-order chi connectivity index (χ0) is 16.2. The van der Waals surface area contributed by atoms with Crippen molar-refractivity contribution in [2.45, 2.75) is 25.7 Å². The highest BCUT2D eigenvalue weighted by Gasteiger charge is 2.48. The van der Waals surface area contributed by atoms with Gasteiger partial charge >= 0.3 is 0 Å². The first-order valence-electron chi connectivity index (χ1n) is 8.90. The third kappa shape index (κ3) is 7.65. The van der Waals surface area contributed by atoms with Crippen molar-refractivity contribution in [3.8, 4) is 11.8 Å². The molecule has 1 fully saturated rings. The molecule has 1 saturated carbocycles. The molecule has 0 radical (unpaired) electrons. The van der Waals surface area contributed by atoms with E-state index in [-0.39, 0.29) is 0 Å². The van der Waals surface area contributed by atoms with Crippen molar-refractivity contribution in [2.75, 3.05) is 59.4 Å². The molecule has 0 aromatic heterocycles. The van der Waals surface area contributed by atoms with Crippen LogP contribution >= 0.6 is 0 Å². The fourth-order valence-corrected chi connectivity index (χ4v) is 3.24. The second-order valence-electron chi connectivity index (χ2n) is 6.12. The molecule has 0 spiro atoms. The van der Waals surface area contributed by atoms with Gasteiger partial charge in [0.2, 0.25) is 0 Å². The fraction of sp³-hybridized carbons (Fsp3) is 0.889. The normalized spacial score (nSPS) is 25.9. The van der Waals surface area contributed by atoms with Crippen LogP contribution in [0, 0.1) is 29.6 Å². The summed E-state index contributed by atoms with van der Waals surface area (Å²) in [4.78, 5) is 0. The van der Waals surface area contributed by atoms with E-state index >= 15 is 0 Å². The Bertz CT molecular complexity index is 348. The van der Waals surface area contributed by atoms with Crippen LogP contribution in [0.25, 0.3) is 0 Å². The summed E-state index contributed by atoms with van der Waals surface area (Å²) in [7, 11) is 0. The number of rotatable bonds is 13. The number of hydrogen-bond acceptors (Lipinski definition) is 5. The lowest BCUT2D eigenvalue weighted by Crippen LogP contribution is -2.14. The number of nitrogens with two attached hydrogens (primary N) is 1. The topological polar surface area (TPSA) is 62.9 Å². The van der Waals surface area contributed by atoms with Crippen molar-refractivity contribution in [3.05, 3.63) is 0 Å². The molecule has 5 heteroatoms. The Balaban J connectivity index is 1.33. The first-order valence-corrected chi connectivity index (χ1v) is 8.90. The van der Waals surface area contributed by atoms with E-state index in [1.54, 1.807) is 0 Å². The molecule has 0 amide bonds. The molecular formula is C18H31NO4. The molecule has 2 aliphatic rings. The van der Waals surface area contributed by atoms with Crippen LogP contribution in [-0.2, 0) is 18.9 Å². The molecule has 2 rings (SSSR count). The average molecular weight is 325 g/mol. The third-order valence-electron chi connectivity index (χ3n) is 4.53. The van der Waals surface area contributed by atoms with Gasteiger partial charge in [-0.2, -0.15) is 0 Å². The van der Waals surface area contributed by atoms with E-state index in [9.17, 15) is 0 Å². The molecule has 0 bridgehead atoms. The van der Waals surface area contributed by atoms with E-state index in [0.29, 0.717) is 52.8 Å². The maximum Gasteiger partial charge on any atom is 0.0701 e. The lowest BCUT2D eigenvalue weighted by molar-refractivity contribution is -0.00285. The van der Waals surface area contributed by atoms with Crippen molar-refractivity contribution in [2.24, 2.45) is 23.5 Å². The van der Waals surface area contributed by atoms with Crippen molar-refractivity contribution in [3.63, 3.8) is 0 Å². The minimum atomic E-state index is 0.555. The minimum absolute atomic E-state index is 0.555. The maximum atomic E-state index is 5.76. The molecule has 132 valence electrons. The molecule has 5 nitrogen and oxygen atoms in total. The SMILES string of the molecule is NCCOCCOCCOCCOCC1[C@H]2CCC#CCC[C@@H]12. The van der Waals surface area contributed by atoms with Crippen LogP contribution in [0.5, 0.6) is 0 Å². The van der Waals surface area contributed by atoms with Gasteiger partial charge < -0.3 is 24.7 Å². The Hall–Kier alpha value is -0.640. The largest absolute Gasteiger partial charge is 0.379 e. The first kappa shape index (κ1) is 18.7. The van der Waals surface area contributed by atoms with E-state index in [1.165, 1.54) is 12.8 Å². The van der Waals surface area contributed by atoms with Gasteiger partial charge in [-0.25, -0.2) is 0 Å².